The van der Waals surface area contributed by atoms with E-state index >= 15 is 0 Å². The van der Waals surface area contributed by atoms with Gasteiger partial charge in [0.15, 0.2) is 0 Å². The molecule has 1 atom stereocenters. The van der Waals surface area contributed by atoms with Crippen LogP contribution in [0.1, 0.15) is 11.7 Å². The maximum Gasteiger partial charge on any atom is 0.349 e. The summed E-state index contributed by atoms with van der Waals surface area (Å²) in [5.74, 6) is -2.52. The van der Waals surface area contributed by atoms with E-state index in [-0.39, 0.29) is 0 Å². The molecule has 6 nitrogen and oxygen atoms in total. The van der Waals surface area contributed by atoms with Gasteiger partial charge < -0.3 is 9.84 Å². The molecule has 0 aromatic heterocycles. The number of ether oxygens (including phenoxy) is 1. The number of aliphatic carboxylic acids is 1. The minimum atomic E-state index is -1.47. The molecule has 0 fully saturated rings. The van der Waals surface area contributed by atoms with Crippen molar-refractivity contribution in [1.29, 1.82) is 0 Å². The second-order valence-electron chi connectivity index (χ2n) is 4.12. The molecule has 0 aliphatic rings. The lowest BCUT2D eigenvalue weighted by molar-refractivity contribution is -0.386. The van der Waals surface area contributed by atoms with Gasteiger partial charge >= 0.3 is 11.7 Å². The molecule has 0 amide bonds. The molecule has 108 valence electrons. The van der Waals surface area contributed by atoms with Gasteiger partial charge in [0.1, 0.15) is 5.82 Å². The number of halogens is 1. The van der Waals surface area contributed by atoms with Gasteiger partial charge in [-0.1, -0.05) is 30.3 Å². The normalized spacial score (nSPS) is 11.7. The summed E-state index contributed by atoms with van der Waals surface area (Å²) < 4.78 is 18.4. The second kappa shape index (κ2) is 6.00. The van der Waals surface area contributed by atoms with E-state index in [9.17, 15) is 24.4 Å². The number of hydrogen-bond acceptors (Lipinski definition) is 4. The van der Waals surface area contributed by atoms with Crippen LogP contribution in [0.4, 0.5) is 10.1 Å². The summed E-state index contributed by atoms with van der Waals surface area (Å²) in [6.07, 6.45) is -1.47. The second-order valence-corrected chi connectivity index (χ2v) is 4.12. The van der Waals surface area contributed by atoms with Gasteiger partial charge in [-0.2, -0.15) is 0 Å². The molecule has 0 aliphatic carbocycles. The Kier molecular flexibility index (Phi) is 4.13. The highest BCUT2D eigenvalue weighted by Crippen LogP contribution is 2.31. The number of carboxylic acids is 1. The SMILES string of the molecule is O=C(O)[C@H](Oc1cc(F)ccc1[N+](=O)[O-])c1ccccc1. The van der Waals surface area contributed by atoms with E-state index in [0.29, 0.717) is 5.56 Å². The molecule has 0 radical (unpaired) electrons. The van der Waals surface area contributed by atoms with Crippen LogP contribution in [0.3, 0.4) is 0 Å². The Morgan fingerprint density at radius 2 is 1.90 bits per heavy atom. The summed E-state index contributed by atoms with van der Waals surface area (Å²) in [7, 11) is 0. The van der Waals surface area contributed by atoms with Crippen LogP contribution < -0.4 is 4.74 Å². The van der Waals surface area contributed by atoms with Crippen molar-refractivity contribution in [3.8, 4) is 5.75 Å². The largest absolute Gasteiger partial charge is 0.478 e. The minimum absolute atomic E-state index is 0.295. The molecule has 2 aromatic carbocycles. The number of hydrogen-bond donors (Lipinski definition) is 1. The fraction of sp³-hybridized carbons (Fsp3) is 0.0714. The summed E-state index contributed by atoms with van der Waals surface area (Å²) in [6, 6.07) is 10.5. The quantitative estimate of drug-likeness (QED) is 0.675. The number of carboxylic acid groups (broad SMARTS) is 1. The summed E-state index contributed by atoms with van der Waals surface area (Å²) in [5, 5.41) is 20.1. The van der Waals surface area contributed by atoms with Gasteiger partial charge in [0.25, 0.3) is 0 Å². The fourth-order valence-corrected chi connectivity index (χ4v) is 1.75. The first kappa shape index (κ1) is 14.4. The van der Waals surface area contributed by atoms with Crippen LogP contribution in [-0.4, -0.2) is 16.0 Å². The average molecular weight is 291 g/mol. The van der Waals surface area contributed by atoms with Crippen LogP contribution in [0.2, 0.25) is 0 Å². The van der Waals surface area contributed by atoms with Crippen LogP contribution >= 0.6 is 0 Å². The number of nitro benzene ring substituents is 1. The van der Waals surface area contributed by atoms with Crippen LogP contribution in [0, 0.1) is 15.9 Å². The van der Waals surface area contributed by atoms with Crippen molar-refractivity contribution in [1.82, 2.24) is 0 Å². The van der Waals surface area contributed by atoms with Crippen molar-refractivity contribution in [2.45, 2.75) is 6.10 Å². The summed E-state index contributed by atoms with van der Waals surface area (Å²) in [6.45, 7) is 0. The van der Waals surface area contributed by atoms with Gasteiger partial charge in [-0.3, -0.25) is 10.1 Å². The molecule has 2 rings (SSSR count). The molecule has 1 N–H and O–H groups in total. The monoisotopic (exact) mass is 291 g/mol. The third kappa shape index (κ3) is 3.33. The van der Waals surface area contributed by atoms with Crippen molar-refractivity contribution >= 4 is 11.7 Å². The maximum absolute atomic E-state index is 13.2. The molecule has 0 saturated heterocycles. The maximum atomic E-state index is 13.2. The van der Waals surface area contributed by atoms with Crippen molar-refractivity contribution in [2.75, 3.05) is 0 Å². The molecule has 0 aliphatic heterocycles. The van der Waals surface area contributed by atoms with Crippen molar-refractivity contribution in [3.05, 3.63) is 70.0 Å². The molecular formula is C14H10FNO5. The van der Waals surface area contributed by atoms with E-state index in [0.717, 1.165) is 18.2 Å². The van der Waals surface area contributed by atoms with Gasteiger partial charge in [-0.05, 0) is 6.07 Å². The number of nitro groups is 1. The fourth-order valence-electron chi connectivity index (χ4n) is 1.75. The molecule has 0 saturated carbocycles. The van der Waals surface area contributed by atoms with Gasteiger partial charge in [0.05, 0.1) is 4.92 Å². The lowest BCUT2D eigenvalue weighted by atomic mass is 10.1. The van der Waals surface area contributed by atoms with E-state index in [4.69, 9.17) is 4.74 Å². The Hall–Kier alpha value is -2.96. The van der Waals surface area contributed by atoms with Gasteiger partial charge in [-0.15, -0.1) is 0 Å². The predicted molar refractivity (Wildman–Crippen MR) is 70.5 cm³/mol. The zero-order chi connectivity index (χ0) is 15.4. The first-order chi connectivity index (χ1) is 9.99. The van der Waals surface area contributed by atoms with Gasteiger partial charge in [-0.25, -0.2) is 9.18 Å². The zero-order valence-corrected chi connectivity index (χ0v) is 10.6. The molecule has 0 heterocycles. The van der Waals surface area contributed by atoms with E-state index in [2.05, 4.69) is 0 Å². The lowest BCUT2D eigenvalue weighted by Crippen LogP contribution is -2.18. The summed E-state index contributed by atoms with van der Waals surface area (Å²) in [5.41, 5.74) is -0.206. The van der Waals surface area contributed by atoms with E-state index in [1.807, 2.05) is 0 Å². The molecule has 7 heteroatoms. The van der Waals surface area contributed by atoms with Gasteiger partial charge in [0, 0.05) is 17.7 Å². The topological polar surface area (TPSA) is 89.7 Å². The Morgan fingerprint density at radius 1 is 1.24 bits per heavy atom. The van der Waals surface area contributed by atoms with E-state index < -0.39 is 34.3 Å². The molecule has 2 aromatic rings. The smallest absolute Gasteiger partial charge is 0.349 e. The van der Waals surface area contributed by atoms with Gasteiger partial charge in [0.2, 0.25) is 11.9 Å². The Balaban J connectivity index is 2.40. The predicted octanol–water partition coefficient (Wildman–Crippen LogP) is 2.94. The van der Waals surface area contributed by atoms with Crippen LogP contribution in [0.25, 0.3) is 0 Å². The highest BCUT2D eigenvalue weighted by molar-refractivity contribution is 5.75. The Labute approximate surface area is 118 Å². The van der Waals surface area contributed by atoms with E-state index in [1.165, 1.54) is 12.1 Å². The summed E-state index contributed by atoms with van der Waals surface area (Å²) in [4.78, 5) is 21.4. The average Bonchev–Trinajstić information content (AvgIpc) is 2.45. The molecule has 0 unspecified atom stereocenters. The van der Waals surface area contributed by atoms with Crippen molar-refractivity contribution < 1.29 is 24.0 Å². The first-order valence-electron chi connectivity index (χ1n) is 5.87. The minimum Gasteiger partial charge on any atom is -0.478 e. The Morgan fingerprint density at radius 3 is 2.48 bits per heavy atom. The first-order valence-corrected chi connectivity index (χ1v) is 5.87. The number of carbonyl (C=O) groups is 1. The third-order valence-corrected chi connectivity index (χ3v) is 2.69. The highest BCUT2D eigenvalue weighted by Gasteiger charge is 2.26. The highest BCUT2D eigenvalue weighted by atomic mass is 19.1. The molecule has 0 bridgehead atoms. The van der Waals surface area contributed by atoms with Crippen molar-refractivity contribution in [2.24, 2.45) is 0 Å². The number of benzene rings is 2. The molecule has 0 spiro atoms. The summed E-state index contributed by atoms with van der Waals surface area (Å²) >= 11 is 0. The van der Waals surface area contributed by atoms with Crippen LogP contribution in [0.15, 0.2) is 48.5 Å². The number of nitrogens with zero attached hydrogens (tertiary/aromatic N) is 1. The Bertz CT molecular complexity index is 674. The van der Waals surface area contributed by atoms with Crippen LogP contribution in [-0.2, 0) is 4.79 Å². The zero-order valence-electron chi connectivity index (χ0n) is 10.6. The number of rotatable bonds is 5. The van der Waals surface area contributed by atoms with Crippen LogP contribution in [0.5, 0.6) is 5.75 Å². The molecule has 21 heavy (non-hydrogen) atoms. The standard InChI is InChI=1S/C14H10FNO5/c15-10-6-7-11(16(19)20)12(8-10)21-13(14(17)18)9-4-2-1-3-5-9/h1-8,13H,(H,17,18)/t13-/m1/s1. The van der Waals surface area contributed by atoms with Crippen molar-refractivity contribution in [3.63, 3.8) is 0 Å². The van der Waals surface area contributed by atoms with E-state index in [1.54, 1.807) is 18.2 Å². The lowest BCUT2D eigenvalue weighted by Gasteiger charge is -2.15. The third-order valence-electron chi connectivity index (χ3n) is 2.69. The molecular weight excluding hydrogens is 281 g/mol.